The van der Waals surface area contributed by atoms with Gasteiger partial charge < -0.3 is 5.11 Å². The summed E-state index contributed by atoms with van der Waals surface area (Å²) in [5, 5.41) is 9.00. The third-order valence-corrected chi connectivity index (χ3v) is 3.88. The van der Waals surface area contributed by atoms with Crippen LogP contribution in [-0.2, 0) is 23.2 Å². The van der Waals surface area contributed by atoms with E-state index >= 15 is 0 Å². The Morgan fingerprint density at radius 2 is 2.11 bits per heavy atom. The average Bonchev–Trinajstić information content (AvgIpc) is 2.46. The van der Waals surface area contributed by atoms with Crippen LogP contribution in [-0.4, -0.2) is 23.5 Å². The second-order valence-corrected chi connectivity index (χ2v) is 5.60. The summed E-state index contributed by atoms with van der Waals surface area (Å²) in [6.07, 6.45) is 2.90. The molecule has 100 valence electrons. The highest BCUT2D eigenvalue weighted by molar-refractivity contribution is 7.89. The Kier molecular flexibility index (Phi) is 4.20. The van der Waals surface area contributed by atoms with Crippen LogP contribution < -0.4 is 4.72 Å². The molecule has 0 spiro atoms. The van der Waals surface area contributed by atoms with Crippen LogP contribution in [0.25, 0.3) is 0 Å². The minimum Gasteiger partial charge on any atom is -0.392 e. The van der Waals surface area contributed by atoms with Crippen LogP contribution >= 0.6 is 0 Å². The Labute approximate surface area is 111 Å². The molecule has 2 N–H and O–H groups in total. The summed E-state index contributed by atoms with van der Waals surface area (Å²) >= 11 is 0. The average molecular weight is 279 g/mol. The number of aromatic nitrogens is 2. The predicted octanol–water partition coefficient (Wildman–Crippen LogP) is 0.447. The number of nitrogens with zero attached hydrogens (tertiary/aromatic N) is 2. The lowest BCUT2D eigenvalue weighted by Gasteiger charge is -2.07. The molecule has 1 aromatic carbocycles. The van der Waals surface area contributed by atoms with E-state index in [2.05, 4.69) is 14.7 Å². The van der Waals surface area contributed by atoms with E-state index in [0.29, 0.717) is 11.3 Å². The van der Waals surface area contributed by atoms with Crippen molar-refractivity contribution >= 4 is 10.0 Å². The Morgan fingerprint density at radius 1 is 1.26 bits per heavy atom. The standard InChI is InChI=1S/C12H13N3O3S/c16-8-10-2-1-3-12(6-10)19(17,18)15-7-11-4-5-13-9-14-11/h1-6,9,15-16H,7-8H2. The number of aliphatic hydroxyl groups excluding tert-OH is 1. The van der Waals surface area contributed by atoms with Gasteiger partial charge in [-0.25, -0.2) is 23.1 Å². The van der Waals surface area contributed by atoms with Gasteiger partial charge in [0.05, 0.1) is 23.7 Å². The van der Waals surface area contributed by atoms with Crippen molar-refractivity contribution in [2.45, 2.75) is 18.0 Å². The minimum absolute atomic E-state index is 0.0915. The fourth-order valence-corrected chi connectivity index (χ4v) is 2.55. The minimum atomic E-state index is -3.61. The van der Waals surface area contributed by atoms with Crippen LogP contribution in [0.1, 0.15) is 11.3 Å². The van der Waals surface area contributed by atoms with Crippen LogP contribution in [0.3, 0.4) is 0 Å². The molecule has 1 heterocycles. The van der Waals surface area contributed by atoms with Gasteiger partial charge in [-0.1, -0.05) is 12.1 Å². The maximum Gasteiger partial charge on any atom is 0.240 e. The third kappa shape index (κ3) is 3.57. The summed E-state index contributed by atoms with van der Waals surface area (Å²) in [5.74, 6) is 0. The lowest BCUT2D eigenvalue weighted by molar-refractivity contribution is 0.281. The lowest BCUT2D eigenvalue weighted by Crippen LogP contribution is -2.23. The zero-order valence-corrected chi connectivity index (χ0v) is 10.8. The molecule has 2 rings (SSSR count). The number of rotatable bonds is 5. The SMILES string of the molecule is O=S(=O)(NCc1ccncn1)c1cccc(CO)c1. The number of benzene rings is 1. The molecule has 0 fully saturated rings. The highest BCUT2D eigenvalue weighted by Gasteiger charge is 2.14. The highest BCUT2D eigenvalue weighted by atomic mass is 32.2. The first kappa shape index (κ1) is 13.6. The van der Waals surface area contributed by atoms with Crippen LogP contribution in [0.15, 0.2) is 47.8 Å². The Morgan fingerprint density at radius 3 is 2.79 bits per heavy atom. The van der Waals surface area contributed by atoms with Crippen molar-refractivity contribution in [1.82, 2.24) is 14.7 Å². The van der Waals surface area contributed by atoms with Crippen molar-refractivity contribution in [3.8, 4) is 0 Å². The van der Waals surface area contributed by atoms with Gasteiger partial charge in [-0.3, -0.25) is 0 Å². The molecule has 0 amide bonds. The molecule has 0 saturated carbocycles. The molecule has 1 aromatic heterocycles. The Hall–Kier alpha value is -1.83. The Bertz CT molecular complexity index is 644. The molecule has 0 saturated heterocycles. The van der Waals surface area contributed by atoms with E-state index in [1.54, 1.807) is 24.4 Å². The van der Waals surface area contributed by atoms with Crippen molar-refractivity contribution in [3.63, 3.8) is 0 Å². The smallest absolute Gasteiger partial charge is 0.240 e. The van der Waals surface area contributed by atoms with Crippen LogP contribution in [0.4, 0.5) is 0 Å². The molecule has 0 bridgehead atoms. The summed E-state index contributed by atoms with van der Waals surface area (Å²) in [6, 6.07) is 7.78. The normalized spacial score (nSPS) is 11.4. The van der Waals surface area contributed by atoms with Crippen LogP contribution in [0.2, 0.25) is 0 Å². The van der Waals surface area contributed by atoms with Gasteiger partial charge in [0.1, 0.15) is 6.33 Å². The first-order valence-corrected chi connectivity index (χ1v) is 7.04. The van der Waals surface area contributed by atoms with Gasteiger partial charge >= 0.3 is 0 Å². The fourth-order valence-electron chi connectivity index (χ4n) is 1.49. The van der Waals surface area contributed by atoms with Crippen molar-refractivity contribution in [1.29, 1.82) is 0 Å². The van der Waals surface area contributed by atoms with Crippen molar-refractivity contribution in [2.75, 3.05) is 0 Å². The topological polar surface area (TPSA) is 92.2 Å². The second-order valence-electron chi connectivity index (χ2n) is 3.83. The van der Waals surface area contributed by atoms with E-state index in [1.807, 2.05) is 0 Å². The summed E-state index contributed by atoms with van der Waals surface area (Å²) < 4.78 is 26.5. The van der Waals surface area contributed by atoms with Gasteiger partial charge in [0.2, 0.25) is 10.0 Å². The van der Waals surface area contributed by atoms with Crippen LogP contribution in [0.5, 0.6) is 0 Å². The first-order chi connectivity index (χ1) is 9.12. The molecule has 6 nitrogen and oxygen atoms in total. The van der Waals surface area contributed by atoms with E-state index < -0.39 is 10.0 Å². The predicted molar refractivity (Wildman–Crippen MR) is 68.4 cm³/mol. The highest BCUT2D eigenvalue weighted by Crippen LogP contribution is 2.11. The zero-order chi connectivity index (χ0) is 13.7. The van der Waals surface area contributed by atoms with Gasteiger partial charge in [0.25, 0.3) is 0 Å². The second kappa shape index (κ2) is 5.87. The number of nitrogens with one attached hydrogen (secondary N) is 1. The molecule has 19 heavy (non-hydrogen) atoms. The lowest BCUT2D eigenvalue weighted by atomic mass is 10.2. The molecule has 0 unspecified atom stereocenters. The zero-order valence-electron chi connectivity index (χ0n) is 10.0. The molecule has 0 aliphatic carbocycles. The molecule has 0 atom stereocenters. The molecular weight excluding hydrogens is 266 g/mol. The van der Waals surface area contributed by atoms with Gasteiger partial charge in [-0.15, -0.1) is 0 Å². The molecule has 0 aliphatic heterocycles. The van der Waals surface area contributed by atoms with E-state index in [1.165, 1.54) is 18.5 Å². The van der Waals surface area contributed by atoms with Crippen molar-refractivity contribution in [2.24, 2.45) is 0 Å². The van der Waals surface area contributed by atoms with Gasteiger partial charge in [-0.05, 0) is 23.8 Å². The van der Waals surface area contributed by atoms with Gasteiger partial charge in [-0.2, -0.15) is 0 Å². The third-order valence-electron chi connectivity index (χ3n) is 2.48. The fraction of sp³-hybridized carbons (Fsp3) is 0.167. The molecule has 0 radical (unpaired) electrons. The summed E-state index contributed by atoms with van der Waals surface area (Å²) in [6.45, 7) is -0.108. The number of sulfonamides is 1. The summed E-state index contributed by atoms with van der Waals surface area (Å²) in [4.78, 5) is 7.80. The van der Waals surface area contributed by atoms with Crippen molar-refractivity contribution in [3.05, 3.63) is 54.1 Å². The Balaban J connectivity index is 2.14. The molecule has 2 aromatic rings. The largest absolute Gasteiger partial charge is 0.392 e. The number of aliphatic hydroxyl groups is 1. The van der Waals surface area contributed by atoms with Gasteiger partial charge in [0.15, 0.2) is 0 Å². The molecule has 0 aliphatic rings. The maximum atomic E-state index is 12.0. The monoisotopic (exact) mass is 279 g/mol. The molecule has 7 heteroatoms. The van der Waals surface area contributed by atoms with E-state index in [4.69, 9.17) is 5.11 Å². The summed E-state index contributed by atoms with van der Waals surface area (Å²) in [5.41, 5.74) is 1.13. The van der Waals surface area contributed by atoms with E-state index in [-0.39, 0.29) is 18.0 Å². The molecular formula is C12H13N3O3S. The van der Waals surface area contributed by atoms with E-state index in [9.17, 15) is 8.42 Å². The van der Waals surface area contributed by atoms with Crippen LogP contribution in [0, 0.1) is 0 Å². The van der Waals surface area contributed by atoms with Crippen molar-refractivity contribution < 1.29 is 13.5 Å². The number of hydrogen-bond acceptors (Lipinski definition) is 5. The number of hydrogen-bond donors (Lipinski definition) is 2. The quantitative estimate of drug-likeness (QED) is 0.829. The summed E-state index contributed by atoms with van der Waals surface area (Å²) in [7, 11) is -3.61. The van der Waals surface area contributed by atoms with E-state index in [0.717, 1.165) is 0 Å². The maximum absolute atomic E-state index is 12.0. The first-order valence-electron chi connectivity index (χ1n) is 5.56. The van der Waals surface area contributed by atoms with Gasteiger partial charge in [0, 0.05) is 6.20 Å².